The third kappa shape index (κ3) is 2.88. The zero-order valence-electron chi connectivity index (χ0n) is 11.7. The maximum absolute atomic E-state index is 3.93. The highest BCUT2D eigenvalue weighted by molar-refractivity contribution is 8.00. The Hall–Kier alpha value is 0.270. The molecule has 1 saturated carbocycles. The van der Waals surface area contributed by atoms with Crippen molar-refractivity contribution in [2.24, 2.45) is 5.92 Å². The van der Waals surface area contributed by atoms with E-state index in [1.54, 1.807) is 0 Å². The number of hydrogen-bond acceptors (Lipinski definition) is 3. The summed E-state index contributed by atoms with van der Waals surface area (Å²) in [6, 6.07) is 1.60. The van der Waals surface area contributed by atoms with Crippen molar-refractivity contribution < 1.29 is 0 Å². The molecule has 3 fully saturated rings. The maximum atomic E-state index is 3.93. The second-order valence-electron chi connectivity index (χ2n) is 6.69. The van der Waals surface area contributed by atoms with E-state index in [1.807, 2.05) is 0 Å². The van der Waals surface area contributed by atoms with Crippen molar-refractivity contribution in [3.8, 4) is 0 Å². The SMILES string of the molecule is CC1(CNC2CCCC2C2CCCN2)CCCS1. The number of thioether (sulfide) groups is 1. The zero-order chi connectivity index (χ0) is 12.4. The predicted octanol–water partition coefficient (Wildman–Crippen LogP) is 2.78. The van der Waals surface area contributed by atoms with Crippen LogP contribution < -0.4 is 10.6 Å². The summed E-state index contributed by atoms with van der Waals surface area (Å²) < 4.78 is 0.524. The molecule has 4 unspecified atom stereocenters. The van der Waals surface area contributed by atoms with Crippen molar-refractivity contribution in [3.63, 3.8) is 0 Å². The molecule has 3 heteroatoms. The fraction of sp³-hybridized carbons (Fsp3) is 1.00. The summed E-state index contributed by atoms with van der Waals surface area (Å²) in [6.07, 6.45) is 9.91. The lowest BCUT2D eigenvalue weighted by Gasteiger charge is -2.31. The van der Waals surface area contributed by atoms with E-state index in [0.717, 1.165) is 18.0 Å². The summed E-state index contributed by atoms with van der Waals surface area (Å²) in [7, 11) is 0. The van der Waals surface area contributed by atoms with Crippen LogP contribution in [0.15, 0.2) is 0 Å². The van der Waals surface area contributed by atoms with Gasteiger partial charge in [0, 0.05) is 23.4 Å². The summed E-state index contributed by atoms with van der Waals surface area (Å²) in [5, 5.41) is 7.65. The van der Waals surface area contributed by atoms with Gasteiger partial charge in [0.25, 0.3) is 0 Å². The molecule has 0 amide bonds. The van der Waals surface area contributed by atoms with Crippen LogP contribution in [0.25, 0.3) is 0 Å². The van der Waals surface area contributed by atoms with Crippen LogP contribution in [-0.2, 0) is 0 Å². The van der Waals surface area contributed by atoms with Gasteiger partial charge in [0.2, 0.25) is 0 Å². The minimum Gasteiger partial charge on any atom is -0.314 e. The van der Waals surface area contributed by atoms with Gasteiger partial charge in [-0.05, 0) is 63.7 Å². The van der Waals surface area contributed by atoms with Crippen molar-refractivity contribution in [3.05, 3.63) is 0 Å². The van der Waals surface area contributed by atoms with Crippen LogP contribution in [0.4, 0.5) is 0 Å². The zero-order valence-corrected chi connectivity index (χ0v) is 12.5. The van der Waals surface area contributed by atoms with Crippen molar-refractivity contribution in [1.82, 2.24) is 10.6 Å². The highest BCUT2D eigenvalue weighted by Gasteiger charge is 2.36. The van der Waals surface area contributed by atoms with Crippen LogP contribution >= 0.6 is 11.8 Å². The Morgan fingerprint density at radius 3 is 2.89 bits per heavy atom. The average molecular weight is 268 g/mol. The Bertz CT molecular complexity index is 270. The highest BCUT2D eigenvalue weighted by Crippen LogP contribution is 2.38. The quantitative estimate of drug-likeness (QED) is 0.820. The lowest BCUT2D eigenvalue weighted by Crippen LogP contribution is -2.46. The first-order valence-corrected chi connectivity index (χ1v) is 8.86. The van der Waals surface area contributed by atoms with Crippen LogP contribution in [0.5, 0.6) is 0 Å². The average Bonchev–Trinajstić information content (AvgIpc) is 3.08. The molecule has 18 heavy (non-hydrogen) atoms. The highest BCUT2D eigenvalue weighted by atomic mass is 32.2. The van der Waals surface area contributed by atoms with Crippen LogP contribution in [0, 0.1) is 5.92 Å². The molecule has 2 aliphatic heterocycles. The Labute approximate surface area is 116 Å². The molecule has 0 spiro atoms. The van der Waals surface area contributed by atoms with Crippen LogP contribution in [-0.4, -0.2) is 35.7 Å². The smallest absolute Gasteiger partial charge is 0.0256 e. The lowest BCUT2D eigenvalue weighted by molar-refractivity contribution is 0.313. The molecule has 0 radical (unpaired) electrons. The van der Waals surface area contributed by atoms with E-state index in [1.165, 1.54) is 63.8 Å². The molecule has 0 bridgehead atoms. The van der Waals surface area contributed by atoms with Gasteiger partial charge in [-0.15, -0.1) is 0 Å². The molecule has 2 heterocycles. The molecule has 0 aromatic carbocycles. The van der Waals surface area contributed by atoms with Gasteiger partial charge in [-0.1, -0.05) is 6.42 Å². The summed E-state index contributed by atoms with van der Waals surface area (Å²) in [4.78, 5) is 0. The predicted molar refractivity (Wildman–Crippen MR) is 80.3 cm³/mol. The Balaban J connectivity index is 1.51. The molecule has 2 nitrogen and oxygen atoms in total. The fourth-order valence-corrected chi connectivity index (χ4v) is 5.38. The standard InChI is InChI=1S/C15H28N2S/c1-15(8-4-10-18-15)11-17-14-6-2-5-12(14)13-7-3-9-16-13/h12-14,16-17H,2-11H2,1H3. The van der Waals surface area contributed by atoms with Gasteiger partial charge in [0.15, 0.2) is 0 Å². The second kappa shape index (κ2) is 5.72. The molecule has 0 aromatic heterocycles. The molecule has 1 aliphatic carbocycles. The molecular formula is C15H28N2S. The maximum Gasteiger partial charge on any atom is 0.0256 e. The van der Waals surface area contributed by atoms with Crippen molar-refractivity contribution in [2.75, 3.05) is 18.8 Å². The third-order valence-corrected chi connectivity index (χ3v) is 6.76. The third-order valence-electron chi connectivity index (χ3n) is 5.22. The molecular weight excluding hydrogens is 240 g/mol. The first-order valence-electron chi connectivity index (χ1n) is 7.88. The van der Waals surface area contributed by atoms with Gasteiger partial charge in [-0.25, -0.2) is 0 Å². The van der Waals surface area contributed by atoms with Crippen molar-refractivity contribution in [1.29, 1.82) is 0 Å². The van der Waals surface area contributed by atoms with Gasteiger partial charge in [0.1, 0.15) is 0 Å². The first kappa shape index (κ1) is 13.3. The number of hydrogen-bond donors (Lipinski definition) is 2. The monoisotopic (exact) mass is 268 g/mol. The van der Waals surface area contributed by atoms with Gasteiger partial charge in [-0.2, -0.15) is 11.8 Å². The molecule has 2 N–H and O–H groups in total. The molecule has 3 rings (SSSR count). The lowest BCUT2D eigenvalue weighted by atomic mass is 9.92. The number of rotatable bonds is 4. The second-order valence-corrected chi connectivity index (χ2v) is 8.37. The first-order chi connectivity index (χ1) is 8.77. The molecule has 104 valence electrons. The van der Waals surface area contributed by atoms with Crippen LogP contribution in [0.3, 0.4) is 0 Å². The Kier molecular flexibility index (Phi) is 4.21. The summed E-state index contributed by atoms with van der Waals surface area (Å²) in [5.41, 5.74) is 0. The number of nitrogens with one attached hydrogen (secondary N) is 2. The molecule has 0 aromatic rings. The summed E-state index contributed by atoms with van der Waals surface area (Å²) >= 11 is 2.18. The van der Waals surface area contributed by atoms with Gasteiger partial charge < -0.3 is 10.6 Å². The Morgan fingerprint density at radius 2 is 2.17 bits per heavy atom. The van der Waals surface area contributed by atoms with E-state index in [4.69, 9.17) is 0 Å². The summed E-state index contributed by atoms with van der Waals surface area (Å²) in [6.45, 7) is 4.93. The van der Waals surface area contributed by atoms with Crippen LogP contribution in [0.1, 0.15) is 51.9 Å². The molecule has 3 aliphatic rings. The van der Waals surface area contributed by atoms with E-state index < -0.39 is 0 Å². The van der Waals surface area contributed by atoms with E-state index in [2.05, 4.69) is 29.3 Å². The van der Waals surface area contributed by atoms with E-state index in [-0.39, 0.29) is 0 Å². The van der Waals surface area contributed by atoms with Gasteiger partial charge >= 0.3 is 0 Å². The molecule has 2 saturated heterocycles. The Morgan fingerprint density at radius 1 is 1.22 bits per heavy atom. The fourth-order valence-electron chi connectivity index (χ4n) is 4.12. The normalized spacial score (nSPS) is 44.8. The van der Waals surface area contributed by atoms with E-state index in [0.29, 0.717) is 4.75 Å². The summed E-state index contributed by atoms with van der Waals surface area (Å²) in [5.74, 6) is 2.28. The van der Waals surface area contributed by atoms with E-state index >= 15 is 0 Å². The topological polar surface area (TPSA) is 24.1 Å². The molecule has 4 atom stereocenters. The largest absolute Gasteiger partial charge is 0.314 e. The van der Waals surface area contributed by atoms with Crippen molar-refractivity contribution in [2.45, 2.75) is 68.7 Å². The van der Waals surface area contributed by atoms with Crippen molar-refractivity contribution >= 4 is 11.8 Å². The minimum atomic E-state index is 0.524. The van der Waals surface area contributed by atoms with Crippen LogP contribution in [0.2, 0.25) is 0 Å². The van der Waals surface area contributed by atoms with Gasteiger partial charge in [-0.3, -0.25) is 0 Å². The minimum absolute atomic E-state index is 0.524. The van der Waals surface area contributed by atoms with E-state index in [9.17, 15) is 0 Å². The van der Waals surface area contributed by atoms with Gasteiger partial charge in [0.05, 0.1) is 0 Å².